The molecule has 0 amide bonds. The van der Waals surface area contributed by atoms with Gasteiger partial charge in [0, 0.05) is 0 Å². The second kappa shape index (κ2) is 5.72. The summed E-state index contributed by atoms with van der Waals surface area (Å²) in [5.74, 6) is 5.01. The zero-order valence-electron chi connectivity index (χ0n) is 5.68. The van der Waals surface area contributed by atoms with Gasteiger partial charge in [0.2, 0.25) is 6.29 Å². The van der Waals surface area contributed by atoms with Crippen molar-refractivity contribution in [2.75, 3.05) is 0 Å². The van der Waals surface area contributed by atoms with Gasteiger partial charge < -0.3 is 0 Å². The number of carbonyl (C=O) groups excluding carboxylic acids is 1. The van der Waals surface area contributed by atoms with Crippen LogP contribution in [-0.4, -0.2) is 12.3 Å². The lowest BCUT2D eigenvalue weighted by molar-refractivity contribution is 0.498. The first kappa shape index (κ1) is 8.59. The molecule has 53 valence electrons. The molecule has 0 aliphatic rings. The normalized spacial score (nSPS) is 13.1. The highest BCUT2D eigenvalue weighted by Crippen LogP contribution is 1.96. The summed E-state index contributed by atoms with van der Waals surface area (Å²) in [5.41, 5.74) is 2.36. The van der Waals surface area contributed by atoms with Gasteiger partial charge in [-0.25, -0.2) is 5.43 Å². The summed E-state index contributed by atoms with van der Waals surface area (Å²) in [7, 11) is 0. The van der Waals surface area contributed by atoms with Crippen LogP contribution >= 0.6 is 0 Å². The molecule has 1 radical (unpaired) electrons. The van der Waals surface area contributed by atoms with Gasteiger partial charge in [0.05, 0.1) is 6.04 Å². The van der Waals surface area contributed by atoms with Crippen LogP contribution in [0.1, 0.15) is 26.2 Å². The Morgan fingerprint density at radius 1 is 1.78 bits per heavy atom. The molecule has 0 saturated carbocycles. The van der Waals surface area contributed by atoms with Crippen LogP contribution in [0, 0.1) is 0 Å². The molecule has 0 bridgehead atoms. The number of rotatable bonds is 5. The highest BCUT2D eigenvalue weighted by atomic mass is 16.1. The summed E-state index contributed by atoms with van der Waals surface area (Å²) in [6, 6.07) is -0.273. The summed E-state index contributed by atoms with van der Waals surface area (Å²) in [6.07, 6.45) is 4.69. The minimum absolute atomic E-state index is 0.273. The number of nitrogens with two attached hydrogens (primary N) is 1. The predicted molar refractivity (Wildman–Crippen MR) is 36.3 cm³/mol. The Labute approximate surface area is 55.6 Å². The van der Waals surface area contributed by atoms with Gasteiger partial charge in [-0.3, -0.25) is 10.6 Å². The first-order chi connectivity index (χ1) is 4.35. The summed E-state index contributed by atoms with van der Waals surface area (Å²) in [6.45, 7) is 2.07. The maximum atomic E-state index is 9.97. The molecule has 0 aliphatic heterocycles. The second-order valence-corrected chi connectivity index (χ2v) is 1.98. The molecule has 3 heteroatoms. The van der Waals surface area contributed by atoms with E-state index >= 15 is 0 Å². The summed E-state index contributed by atoms with van der Waals surface area (Å²) in [5, 5.41) is 0. The monoisotopic (exact) mass is 129 g/mol. The molecule has 1 unspecified atom stereocenters. The summed E-state index contributed by atoms with van der Waals surface area (Å²) < 4.78 is 0. The van der Waals surface area contributed by atoms with Gasteiger partial charge in [0.25, 0.3) is 0 Å². The van der Waals surface area contributed by atoms with Crippen LogP contribution < -0.4 is 11.3 Å². The van der Waals surface area contributed by atoms with Crippen molar-refractivity contribution in [1.82, 2.24) is 5.43 Å². The quantitative estimate of drug-likeness (QED) is 0.409. The van der Waals surface area contributed by atoms with E-state index in [0.29, 0.717) is 0 Å². The third-order valence-corrected chi connectivity index (χ3v) is 1.19. The third kappa shape index (κ3) is 4.12. The zero-order valence-corrected chi connectivity index (χ0v) is 5.68. The average Bonchev–Trinajstić information content (AvgIpc) is 1.91. The minimum atomic E-state index is -0.273. The van der Waals surface area contributed by atoms with Crippen LogP contribution in [0.5, 0.6) is 0 Å². The molecule has 0 aromatic rings. The lowest BCUT2D eigenvalue weighted by Gasteiger charge is -2.04. The SMILES string of the molecule is CCCCC([C]=O)NN. The molecule has 0 spiro atoms. The Bertz CT molecular complexity index is 75.5. The molecule has 0 rings (SSSR count). The van der Waals surface area contributed by atoms with Crippen LogP contribution in [0.2, 0.25) is 0 Å². The van der Waals surface area contributed by atoms with Crippen molar-refractivity contribution in [3.05, 3.63) is 0 Å². The van der Waals surface area contributed by atoms with Gasteiger partial charge >= 0.3 is 0 Å². The fraction of sp³-hybridized carbons (Fsp3) is 0.833. The summed E-state index contributed by atoms with van der Waals surface area (Å²) >= 11 is 0. The van der Waals surface area contributed by atoms with Gasteiger partial charge in [-0.2, -0.15) is 0 Å². The zero-order chi connectivity index (χ0) is 7.11. The molecule has 0 aliphatic carbocycles. The van der Waals surface area contributed by atoms with Crippen LogP contribution in [0.3, 0.4) is 0 Å². The highest BCUT2D eigenvalue weighted by molar-refractivity contribution is 5.58. The standard InChI is InChI=1S/C6H13N2O/c1-2-3-4-6(5-9)8-7/h6,8H,2-4,7H2,1H3. The number of nitrogens with one attached hydrogen (secondary N) is 1. The van der Waals surface area contributed by atoms with Crippen molar-refractivity contribution in [3.63, 3.8) is 0 Å². The first-order valence-corrected chi connectivity index (χ1v) is 3.19. The Kier molecular flexibility index (Phi) is 5.46. The topological polar surface area (TPSA) is 55.1 Å². The van der Waals surface area contributed by atoms with Crippen LogP contribution in [0.25, 0.3) is 0 Å². The molecule has 3 nitrogen and oxygen atoms in total. The van der Waals surface area contributed by atoms with Crippen molar-refractivity contribution in [3.8, 4) is 0 Å². The molecule has 0 aromatic heterocycles. The van der Waals surface area contributed by atoms with E-state index in [2.05, 4.69) is 12.3 Å². The lowest BCUT2D eigenvalue weighted by atomic mass is 10.1. The van der Waals surface area contributed by atoms with Crippen LogP contribution in [0.4, 0.5) is 0 Å². The van der Waals surface area contributed by atoms with E-state index in [9.17, 15) is 4.79 Å². The highest BCUT2D eigenvalue weighted by Gasteiger charge is 2.02. The van der Waals surface area contributed by atoms with Gasteiger partial charge in [-0.15, -0.1) is 0 Å². The fourth-order valence-electron chi connectivity index (χ4n) is 0.585. The number of hydrazine groups is 1. The number of hydrogen-bond donors (Lipinski definition) is 2. The molecule has 0 saturated heterocycles. The third-order valence-electron chi connectivity index (χ3n) is 1.19. The first-order valence-electron chi connectivity index (χ1n) is 3.19. The van der Waals surface area contributed by atoms with Crippen LogP contribution in [0.15, 0.2) is 0 Å². The van der Waals surface area contributed by atoms with E-state index in [4.69, 9.17) is 5.84 Å². The Morgan fingerprint density at radius 2 is 2.44 bits per heavy atom. The summed E-state index contributed by atoms with van der Waals surface area (Å²) in [4.78, 5) is 9.97. The van der Waals surface area contributed by atoms with E-state index in [1.54, 1.807) is 6.29 Å². The molecular formula is C6H13N2O. The van der Waals surface area contributed by atoms with Crippen molar-refractivity contribution in [2.24, 2.45) is 5.84 Å². The Hall–Kier alpha value is -0.410. The molecule has 1 atom stereocenters. The van der Waals surface area contributed by atoms with Gasteiger partial charge in [0.15, 0.2) is 0 Å². The predicted octanol–water partition coefficient (Wildman–Crippen LogP) is 0.118. The van der Waals surface area contributed by atoms with Crippen molar-refractivity contribution < 1.29 is 4.79 Å². The second-order valence-electron chi connectivity index (χ2n) is 1.98. The maximum Gasteiger partial charge on any atom is 0.218 e. The van der Waals surface area contributed by atoms with E-state index in [1.165, 1.54) is 0 Å². The van der Waals surface area contributed by atoms with Crippen molar-refractivity contribution in [1.29, 1.82) is 0 Å². The largest absolute Gasteiger partial charge is 0.289 e. The average molecular weight is 129 g/mol. The number of unbranched alkanes of at least 4 members (excludes halogenated alkanes) is 1. The lowest BCUT2D eigenvalue weighted by Crippen LogP contribution is -2.36. The molecule has 0 aromatic carbocycles. The van der Waals surface area contributed by atoms with E-state index in [-0.39, 0.29) is 6.04 Å². The smallest absolute Gasteiger partial charge is 0.218 e. The van der Waals surface area contributed by atoms with Gasteiger partial charge in [-0.05, 0) is 6.42 Å². The maximum absolute atomic E-state index is 9.97. The molecule has 0 heterocycles. The van der Waals surface area contributed by atoms with Crippen LogP contribution in [-0.2, 0) is 4.79 Å². The van der Waals surface area contributed by atoms with Gasteiger partial charge in [-0.1, -0.05) is 19.8 Å². The minimum Gasteiger partial charge on any atom is -0.289 e. The van der Waals surface area contributed by atoms with Crippen molar-refractivity contribution in [2.45, 2.75) is 32.2 Å². The van der Waals surface area contributed by atoms with Gasteiger partial charge in [0.1, 0.15) is 0 Å². The van der Waals surface area contributed by atoms with Crippen molar-refractivity contribution >= 4 is 6.29 Å². The van der Waals surface area contributed by atoms with E-state index in [0.717, 1.165) is 19.3 Å². The van der Waals surface area contributed by atoms with E-state index in [1.807, 2.05) is 0 Å². The number of hydrogen-bond acceptors (Lipinski definition) is 3. The molecule has 9 heavy (non-hydrogen) atoms. The Morgan fingerprint density at radius 3 is 2.78 bits per heavy atom. The van der Waals surface area contributed by atoms with E-state index < -0.39 is 0 Å². The molecule has 0 fully saturated rings. The molecular weight excluding hydrogens is 116 g/mol. The molecule has 3 N–H and O–H groups in total. The fourth-order valence-corrected chi connectivity index (χ4v) is 0.585. The Balaban J connectivity index is 3.20.